The molecule has 140 valence electrons. The van der Waals surface area contributed by atoms with Gasteiger partial charge in [-0.25, -0.2) is 0 Å². The molecule has 0 aromatic heterocycles. The molecule has 0 fully saturated rings. The SMILES string of the molecule is O=C(Nc1ccc2c3c(cccc13)CC2)c1ccccc1CSC1=NCCS1. The minimum Gasteiger partial charge on any atom is -0.321 e. The highest BCUT2D eigenvalue weighted by molar-refractivity contribution is 8.38. The van der Waals surface area contributed by atoms with E-state index in [1.807, 2.05) is 30.3 Å². The van der Waals surface area contributed by atoms with Crippen LogP contribution in [0.3, 0.4) is 0 Å². The number of benzene rings is 3. The number of aliphatic imine (C=N–C) groups is 1. The Labute approximate surface area is 173 Å². The van der Waals surface area contributed by atoms with Gasteiger partial charge in [0.15, 0.2) is 0 Å². The molecule has 0 bridgehead atoms. The molecule has 1 amide bonds. The van der Waals surface area contributed by atoms with Crippen molar-refractivity contribution in [2.24, 2.45) is 4.99 Å². The lowest BCUT2D eigenvalue weighted by Crippen LogP contribution is -2.14. The number of aryl methyl sites for hydroxylation is 2. The predicted octanol–water partition coefficient (Wildman–Crippen LogP) is 5.53. The quantitative estimate of drug-likeness (QED) is 0.622. The van der Waals surface area contributed by atoms with Gasteiger partial charge in [0.1, 0.15) is 4.38 Å². The first-order valence-corrected chi connectivity index (χ1v) is 11.5. The Morgan fingerprint density at radius 1 is 1.04 bits per heavy atom. The van der Waals surface area contributed by atoms with Gasteiger partial charge < -0.3 is 5.32 Å². The first-order chi connectivity index (χ1) is 13.8. The van der Waals surface area contributed by atoms with Crippen LogP contribution in [0.5, 0.6) is 0 Å². The normalized spacial score (nSPS) is 15.1. The van der Waals surface area contributed by atoms with Crippen LogP contribution in [0, 0.1) is 0 Å². The molecule has 0 saturated heterocycles. The molecule has 0 unspecified atom stereocenters. The van der Waals surface area contributed by atoms with Gasteiger partial charge in [-0.15, -0.1) is 0 Å². The highest BCUT2D eigenvalue weighted by Crippen LogP contribution is 2.35. The van der Waals surface area contributed by atoms with Crippen LogP contribution >= 0.6 is 23.5 Å². The van der Waals surface area contributed by atoms with Gasteiger partial charge in [-0.05, 0) is 47.1 Å². The van der Waals surface area contributed by atoms with Gasteiger partial charge in [0.25, 0.3) is 5.91 Å². The van der Waals surface area contributed by atoms with Crippen molar-refractivity contribution in [3.63, 3.8) is 0 Å². The molecule has 1 heterocycles. The molecule has 1 aliphatic heterocycles. The number of hydrogen-bond acceptors (Lipinski definition) is 4. The van der Waals surface area contributed by atoms with Crippen molar-refractivity contribution in [2.75, 3.05) is 17.6 Å². The van der Waals surface area contributed by atoms with Crippen molar-refractivity contribution < 1.29 is 4.79 Å². The van der Waals surface area contributed by atoms with E-state index in [4.69, 9.17) is 0 Å². The second-order valence-corrected chi connectivity index (χ2v) is 9.31. The fraction of sp³-hybridized carbons (Fsp3) is 0.217. The fourth-order valence-electron chi connectivity index (χ4n) is 3.96. The average molecular weight is 405 g/mol. The molecule has 0 saturated carbocycles. The van der Waals surface area contributed by atoms with Gasteiger partial charge in [0, 0.05) is 28.1 Å². The lowest BCUT2D eigenvalue weighted by atomic mass is 10.0. The van der Waals surface area contributed by atoms with Gasteiger partial charge in [-0.2, -0.15) is 0 Å². The molecule has 3 aromatic rings. The van der Waals surface area contributed by atoms with Gasteiger partial charge in [-0.1, -0.05) is 66.0 Å². The predicted molar refractivity (Wildman–Crippen MR) is 122 cm³/mol. The Kier molecular flexibility index (Phi) is 4.87. The smallest absolute Gasteiger partial charge is 0.255 e. The van der Waals surface area contributed by atoms with Crippen LogP contribution in [-0.4, -0.2) is 22.6 Å². The molecule has 0 radical (unpaired) electrons. The standard InChI is InChI=1S/C23H20N2OS2/c26-22(18-6-2-1-4-17(18)14-28-23-24-12-13-27-23)25-20-11-10-16-9-8-15-5-3-7-19(20)21(15)16/h1-7,10-11H,8-9,12-14H2,(H,25,26). The summed E-state index contributed by atoms with van der Waals surface area (Å²) in [6.45, 7) is 0.903. The third kappa shape index (κ3) is 3.33. The lowest BCUT2D eigenvalue weighted by Gasteiger charge is -2.13. The average Bonchev–Trinajstić information content (AvgIpc) is 3.40. The highest BCUT2D eigenvalue weighted by atomic mass is 32.2. The summed E-state index contributed by atoms with van der Waals surface area (Å²) in [6.07, 6.45) is 2.18. The van der Waals surface area contributed by atoms with Crippen molar-refractivity contribution in [2.45, 2.75) is 18.6 Å². The summed E-state index contributed by atoms with van der Waals surface area (Å²) < 4.78 is 1.13. The van der Waals surface area contributed by atoms with Crippen LogP contribution in [0.15, 0.2) is 59.6 Å². The molecular formula is C23H20N2OS2. The first-order valence-electron chi connectivity index (χ1n) is 9.52. The maximum absolute atomic E-state index is 13.1. The van der Waals surface area contributed by atoms with E-state index in [1.165, 1.54) is 16.5 Å². The molecule has 28 heavy (non-hydrogen) atoms. The highest BCUT2D eigenvalue weighted by Gasteiger charge is 2.18. The summed E-state index contributed by atoms with van der Waals surface area (Å²) >= 11 is 3.52. The zero-order valence-electron chi connectivity index (χ0n) is 15.4. The van der Waals surface area contributed by atoms with Crippen LogP contribution in [-0.2, 0) is 18.6 Å². The number of nitrogens with one attached hydrogen (secondary N) is 1. The number of carbonyl (C=O) groups is 1. The number of anilines is 1. The van der Waals surface area contributed by atoms with Gasteiger partial charge in [-0.3, -0.25) is 9.79 Å². The summed E-state index contributed by atoms with van der Waals surface area (Å²) in [5, 5.41) is 5.63. The van der Waals surface area contributed by atoms with E-state index >= 15 is 0 Å². The molecule has 0 spiro atoms. The van der Waals surface area contributed by atoms with Gasteiger partial charge in [0.2, 0.25) is 0 Å². The van der Waals surface area contributed by atoms with E-state index in [9.17, 15) is 4.79 Å². The molecule has 0 atom stereocenters. The number of rotatable bonds is 4. The third-order valence-corrected chi connectivity index (χ3v) is 7.60. The Hall–Kier alpha value is -2.24. The van der Waals surface area contributed by atoms with Crippen molar-refractivity contribution in [1.82, 2.24) is 0 Å². The molecule has 5 rings (SSSR count). The van der Waals surface area contributed by atoms with Gasteiger partial charge >= 0.3 is 0 Å². The van der Waals surface area contributed by atoms with Crippen LogP contribution in [0.4, 0.5) is 5.69 Å². The lowest BCUT2D eigenvalue weighted by molar-refractivity contribution is 0.102. The summed E-state index contributed by atoms with van der Waals surface area (Å²) in [4.78, 5) is 17.6. The molecular weight excluding hydrogens is 384 g/mol. The second kappa shape index (κ2) is 7.64. The number of thioether (sulfide) groups is 2. The zero-order valence-corrected chi connectivity index (χ0v) is 17.0. The van der Waals surface area contributed by atoms with E-state index < -0.39 is 0 Å². The van der Waals surface area contributed by atoms with Crippen LogP contribution in [0.25, 0.3) is 10.8 Å². The minimum absolute atomic E-state index is 0.0455. The van der Waals surface area contributed by atoms with E-state index in [0.29, 0.717) is 0 Å². The Morgan fingerprint density at radius 3 is 2.75 bits per heavy atom. The van der Waals surface area contributed by atoms with Gasteiger partial charge in [0.05, 0.1) is 6.54 Å². The zero-order chi connectivity index (χ0) is 18.9. The maximum Gasteiger partial charge on any atom is 0.255 e. The number of carbonyl (C=O) groups excluding carboxylic acids is 1. The van der Waals surface area contributed by atoms with E-state index in [-0.39, 0.29) is 5.91 Å². The molecule has 1 aliphatic carbocycles. The third-order valence-electron chi connectivity index (χ3n) is 5.30. The Bertz CT molecular complexity index is 1100. The first kappa shape index (κ1) is 17.8. The molecule has 3 aromatic carbocycles. The Balaban J connectivity index is 1.42. The van der Waals surface area contributed by atoms with Crippen molar-refractivity contribution in [1.29, 1.82) is 0 Å². The van der Waals surface area contributed by atoms with Crippen LogP contribution in [0.1, 0.15) is 27.0 Å². The molecule has 1 N–H and O–H groups in total. The van der Waals surface area contributed by atoms with Crippen LogP contribution in [0.2, 0.25) is 0 Å². The number of hydrogen-bond donors (Lipinski definition) is 1. The monoisotopic (exact) mass is 404 g/mol. The van der Waals surface area contributed by atoms with E-state index in [1.54, 1.807) is 23.5 Å². The number of amides is 1. The maximum atomic E-state index is 13.1. The van der Waals surface area contributed by atoms with E-state index in [2.05, 4.69) is 34.6 Å². The van der Waals surface area contributed by atoms with Crippen molar-refractivity contribution in [3.8, 4) is 0 Å². The largest absolute Gasteiger partial charge is 0.321 e. The Morgan fingerprint density at radius 2 is 1.89 bits per heavy atom. The molecule has 3 nitrogen and oxygen atoms in total. The molecule has 5 heteroatoms. The summed E-state index contributed by atoms with van der Waals surface area (Å²) in [7, 11) is 0. The van der Waals surface area contributed by atoms with E-state index in [0.717, 1.165) is 57.5 Å². The summed E-state index contributed by atoms with van der Waals surface area (Å²) in [6, 6.07) is 18.5. The minimum atomic E-state index is -0.0455. The van der Waals surface area contributed by atoms with Crippen LogP contribution < -0.4 is 5.32 Å². The summed E-state index contributed by atoms with van der Waals surface area (Å²) in [5.74, 6) is 1.78. The van der Waals surface area contributed by atoms with Crippen molar-refractivity contribution in [3.05, 3.63) is 76.9 Å². The fourth-order valence-corrected chi connectivity index (χ4v) is 5.97. The number of nitrogens with zero attached hydrogens (tertiary/aromatic N) is 1. The second-order valence-electron chi connectivity index (χ2n) is 7.01. The summed E-state index contributed by atoms with van der Waals surface area (Å²) in [5.41, 5.74) is 5.45. The topological polar surface area (TPSA) is 41.5 Å². The van der Waals surface area contributed by atoms with Crippen molar-refractivity contribution >= 4 is 50.3 Å². The molecule has 2 aliphatic rings.